The van der Waals surface area contributed by atoms with Crippen molar-refractivity contribution in [1.29, 1.82) is 0 Å². The van der Waals surface area contributed by atoms with E-state index in [9.17, 15) is 19.2 Å². The standard InChI is InChI=1S/C35H41N3O6/c1-24(2)19-29(38-34(42)43-22-27-17-11-6-12-18-27)32(40)37-30(21-26-15-9-5-10-16-26)33(41)36-28(31(39)35(3)23-44-35)20-25-13-7-4-8-14-25/h4-18,24,28-30H,19-23H2,1-3H3,(H,36,41)(H,37,40)(H,38,42)/t28-,29+,30-,35-/m0/s1. The molecule has 3 aromatic rings. The van der Waals surface area contributed by atoms with Gasteiger partial charge >= 0.3 is 6.09 Å². The second-order valence-corrected chi connectivity index (χ2v) is 11.8. The normalized spacial score (nSPS) is 17.5. The van der Waals surface area contributed by atoms with E-state index in [-0.39, 0.29) is 31.1 Å². The Morgan fingerprint density at radius 1 is 0.705 bits per heavy atom. The zero-order valence-electron chi connectivity index (χ0n) is 25.5. The lowest BCUT2D eigenvalue weighted by Crippen LogP contribution is -2.57. The third-order valence-corrected chi connectivity index (χ3v) is 7.46. The predicted octanol–water partition coefficient (Wildman–Crippen LogP) is 4.14. The molecule has 3 N–H and O–H groups in total. The maximum absolute atomic E-state index is 13.8. The van der Waals surface area contributed by atoms with E-state index in [1.165, 1.54) is 0 Å². The van der Waals surface area contributed by atoms with E-state index in [2.05, 4.69) is 16.0 Å². The molecule has 3 amide bonds. The number of benzene rings is 3. The number of ether oxygens (including phenoxy) is 2. The van der Waals surface area contributed by atoms with Gasteiger partial charge in [0.1, 0.15) is 24.3 Å². The summed E-state index contributed by atoms with van der Waals surface area (Å²) in [5, 5.41) is 8.42. The van der Waals surface area contributed by atoms with Gasteiger partial charge in [-0.3, -0.25) is 14.4 Å². The highest BCUT2D eigenvalue weighted by molar-refractivity contribution is 5.98. The average molecular weight is 600 g/mol. The van der Waals surface area contributed by atoms with Crippen LogP contribution < -0.4 is 16.0 Å². The number of ketones is 1. The van der Waals surface area contributed by atoms with E-state index < -0.39 is 41.6 Å². The quantitative estimate of drug-likeness (QED) is 0.226. The van der Waals surface area contributed by atoms with Crippen LogP contribution in [0.5, 0.6) is 0 Å². The minimum atomic E-state index is -1.01. The van der Waals surface area contributed by atoms with Gasteiger partial charge in [0, 0.05) is 6.42 Å². The zero-order valence-corrected chi connectivity index (χ0v) is 25.5. The van der Waals surface area contributed by atoms with E-state index in [1.54, 1.807) is 6.92 Å². The van der Waals surface area contributed by atoms with Crippen LogP contribution in [0.15, 0.2) is 91.0 Å². The number of alkyl carbamates (subject to hydrolysis) is 1. The molecule has 9 heteroatoms. The van der Waals surface area contributed by atoms with Crippen LogP contribution in [0.2, 0.25) is 0 Å². The molecule has 0 bridgehead atoms. The van der Waals surface area contributed by atoms with Crippen LogP contribution in [-0.4, -0.2) is 54.0 Å². The highest BCUT2D eigenvalue weighted by atomic mass is 16.6. The number of hydrogen-bond donors (Lipinski definition) is 3. The first-order chi connectivity index (χ1) is 21.1. The zero-order chi connectivity index (χ0) is 31.5. The fraction of sp³-hybridized carbons (Fsp3) is 0.371. The average Bonchev–Trinajstić information content (AvgIpc) is 3.78. The third kappa shape index (κ3) is 9.77. The summed E-state index contributed by atoms with van der Waals surface area (Å²) >= 11 is 0. The molecule has 1 aliphatic heterocycles. The molecule has 3 aromatic carbocycles. The molecule has 9 nitrogen and oxygen atoms in total. The molecule has 1 saturated heterocycles. The summed E-state index contributed by atoms with van der Waals surface area (Å²) < 4.78 is 10.8. The summed E-state index contributed by atoms with van der Waals surface area (Å²) in [5.74, 6) is -1.18. The molecule has 1 heterocycles. The Morgan fingerprint density at radius 2 is 1.16 bits per heavy atom. The lowest BCUT2D eigenvalue weighted by Gasteiger charge is -2.26. The van der Waals surface area contributed by atoms with Crippen molar-refractivity contribution in [2.24, 2.45) is 5.92 Å². The summed E-state index contributed by atoms with van der Waals surface area (Å²) in [4.78, 5) is 53.5. The van der Waals surface area contributed by atoms with E-state index in [0.717, 1.165) is 16.7 Å². The summed E-state index contributed by atoms with van der Waals surface area (Å²) in [6.45, 7) is 5.93. The third-order valence-electron chi connectivity index (χ3n) is 7.46. The Balaban J connectivity index is 1.49. The van der Waals surface area contributed by atoms with Crippen molar-refractivity contribution >= 4 is 23.7 Å². The van der Waals surface area contributed by atoms with E-state index in [4.69, 9.17) is 9.47 Å². The number of amides is 3. The molecule has 0 radical (unpaired) electrons. The van der Waals surface area contributed by atoms with Gasteiger partial charge in [-0.25, -0.2) is 4.79 Å². The molecule has 4 rings (SSSR count). The van der Waals surface area contributed by atoms with E-state index in [0.29, 0.717) is 13.0 Å². The number of epoxide rings is 1. The van der Waals surface area contributed by atoms with Crippen LogP contribution >= 0.6 is 0 Å². The Bertz CT molecular complexity index is 1390. The van der Waals surface area contributed by atoms with Gasteiger partial charge in [-0.1, -0.05) is 105 Å². The van der Waals surface area contributed by atoms with Crippen LogP contribution in [0.4, 0.5) is 4.79 Å². The van der Waals surface area contributed by atoms with Gasteiger partial charge in [-0.15, -0.1) is 0 Å². The van der Waals surface area contributed by atoms with Gasteiger partial charge in [0.15, 0.2) is 5.78 Å². The summed E-state index contributed by atoms with van der Waals surface area (Å²) in [6, 6.07) is 25.1. The summed E-state index contributed by atoms with van der Waals surface area (Å²) in [6.07, 6.45) is 0.0633. The van der Waals surface area contributed by atoms with Crippen molar-refractivity contribution in [1.82, 2.24) is 16.0 Å². The monoisotopic (exact) mass is 599 g/mol. The smallest absolute Gasteiger partial charge is 0.408 e. The molecule has 232 valence electrons. The van der Waals surface area contributed by atoms with Crippen LogP contribution in [0.1, 0.15) is 43.9 Å². The number of carbonyl (C=O) groups excluding carboxylic acids is 4. The van der Waals surface area contributed by atoms with Crippen molar-refractivity contribution in [2.75, 3.05) is 6.61 Å². The maximum atomic E-state index is 13.8. The van der Waals surface area contributed by atoms with Crippen LogP contribution in [-0.2, 0) is 43.3 Å². The second-order valence-electron chi connectivity index (χ2n) is 11.8. The molecule has 1 aliphatic rings. The highest BCUT2D eigenvalue weighted by Gasteiger charge is 2.50. The lowest BCUT2D eigenvalue weighted by atomic mass is 9.94. The Morgan fingerprint density at radius 3 is 1.66 bits per heavy atom. The summed E-state index contributed by atoms with van der Waals surface area (Å²) in [7, 11) is 0. The Hall–Kier alpha value is -4.50. The van der Waals surface area contributed by atoms with Crippen LogP contribution in [0, 0.1) is 5.92 Å². The lowest BCUT2D eigenvalue weighted by molar-refractivity contribution is -0.133. The minimum absolute atomic E-state index is 0.0567. The van der Waals surface area contributed by atoms with Crippen LogP contribution in [0.25, 0.3) is 0 Å². The van der Waals surface area contributed by atoms with Gasteiger partial charge in [-0.2, -0.15) is 0 Å². The first-order valence-electron chi connectivity index (χ1n) is 15.0. The summed E-state index contributed by atoms with van der Waals surface area (Å²) in [5.41, 5.74) is 1.58. The minimum Gasteiger partial charge on any atom is -0.445 e. The second kappa shape index (κ2) is 15.3. The van der Waals surface area contributed by atoms with E-state index >= 15 is 0 Å². The Labute approximate surface area is 258 Å². The van der Waals surface area contributed by atoms with Gasteiger partial charge in [0.25, 0.3) is 0 Å². The molecule has 0 saturated carbocycles. The van der Waals surface area contributed by atoms with Crippen LogP contribution in [0.3, 0.4) is 0 Å². The number of rotatable bonds is 15. The number of Topliss-reactive ketones (excluding diaryl/α,β-unsaturated/α-hetero) is 1. The fourth-order valence-electron chi connectivity index (χ4n) is 4.89. The molecular weight excluding hydrogens is 558 g/mol. The number of carbonyl (C=O) groups is 4. The molecule has 0 spiro atoms. The molecular formula is C35H41N3O6. The van der Waals surface area contributed by atoms with Gasteiger partial charge in [0.05, 0.1) is 12.6 Å². The highest BCUT2D eigenvalue weighted by Crippen LogP contribution is 2.29. The first kappa shape index (κ1) is 32.4. The topological polar surface area (TPSA) is 126 Å². The van der Waals surface area contributed by atoms with Crippen molar-refractivity contribution < 1.29 is 28.7 Å². The van der Waals surface area contributed by atoms with Gasteiger partial charge < -0.3 is 25.4 Å². The van der Waals surface area contributed by atoms with Crippen molar-refractivity contribution in [3.8, 4) is 0 Å². The molecule has 0 aromatic heterocycles. The molecule has 0 unspecified atom stereocenters. The first-order valence-corrected chi connectivity index (χ1v) is 15.0. The molecule has 44 heavy (non-hydrogen) atoms. The number of hydrogen-bond acceptors (Lipinski definition) is 6. The SMILES string of the molecule is CC(C)C[C@@H](NC(=O)OCc1ccccc1)C(=O)N[C@@H](Cc1ccccc1)C(=O)N[C@@H](Cc1ccccc1)C(=O)[C@]1(C)CO1. The molecule has 0 aliphatic carbocycles. The van der Waals surface area contributed by atoms with Crippen molar-refractivity contribution in [2.45, 2.75) is 70.4 Å². The van der Waals surface area contributed by atoms with Crippen molar-refractivity contribution in [3.05, 3.63) is 108 Å². The Kier molecular flexibility index (Phi) is 11.3. The predicted molar refractivity (Wildman–Crippen MR) is 167 cm³/mol. The molecule has 1 fully saturated rings. The maximum Gasteiger partial charge on any atom is 0.408 e. The largest absolute Gasteiger partial charge is 0.445 e. The van der Waals surface area contributed by atoms with Gasteiger partial charge in [0.2, 0.25) is 11.8 Å². The van der Waals surface area contributed by atoms with E-state index in [1.807, 2.05) is 105 Å². The van der Waals surface area contributed by atoms with Crippen molar-refractivity contribution in [3.63, 3.8) is 0 Å². The number of nitrogens with one attached hydrogen (secondary N) is 3. The fourth-order valence-corrected chi connectivity index (χ4v) is 4.89. The van der Waals surface area contributed by atoms with Gasteiger partial charge in [-0.05, 0) is 42.4 Å². The molecule has 4 atom stereocenters.